The molecule has 0 radical (unpaired) electrons. The Hall–Kier alpha value is -2.47. The number of thiazole rings is 1. The Morgan fingerprint density at radius 2 is 2.08 bits per heavy atom. The van der Waals surface area contributed by atoms with E-state index in [1.165, 1.54) is 23.1 Å². The smallest absolute Gasteiger partial charge is 0.261 e. The number of rotatable bonds is 8. The molecule has 3 N–H and O–H groups in total. The predicted molar refractivity (Wildman–Crippen MR) is 98.4 cm³/mol. The van der Waals surface area contributed by atoms with Crippen LogP contribution in [0.15, 0.2) is 16.7 Å². The van der Waals surface area contributed by atoms with Crippen LogP contribution in [0.25, 0.3) is 5.78 Å². The molecular weight excluding hydrogens is 362 g/mol. The van der Waals surface area contributed by atoms with Crippen LogP contribution in [0, 0.1) is 0 Å². The van der Waals surface area contributed by atoms with Gasteiger partial charge in [0.15, 0.2) is 10.3 Å². The number of hydrogen-bond donors (Lipinski definition) is 3. The second kappa shape index (κ2) is 8.07. The molecule has 3 rings (SSSR count). The lowest BCUT2D eigenvalue weighted by Gasteiger charge is -2.09. The van der Waals surface area contributed by atoms with Gasteiger partial charge in [-0.05, 0) is 13.8 Å². The van der Waals surface area contributed by atoms with E-state index in [4.69, 9.17) is 0 Å². The maximum atomic E-state index is 12.0. The number of nitrogens with one attached hydrogen (secondary N) is 3. The van der Waals surface area contributed by atoms with Gasteiger partial charge in [0.05, 0.1) is 5.75 Å². The lowest BCUT2D eigenvalue weighted by molar-refractivity contribution is -0.113. The van der Waals surface area contributed by atoms with E-state index in [9.17, 15) is 4.79 Å². The summed E-state index contributed by atoms with van der Waals surface area (Å²) in [6.45, 7) is 5.32. The summed E-state index contributed by atoms with van der Waals surface area (Å²) < 4.78 is 1.70. The standard InChI is InChI=1S/C13H17N9OS2/c1-3-14-9-18-10(15-4-2)22-11(19-9)20-21-13(22)25-7-8(23)17-12-16-5-6-24-12/h5-6H,3-4,7H2,1-2H3,(H,16,17,23)(H2,14,15,18,19,20). The highest BCUT2D eigenvalue weighted by Gasteiger charge is 2.16. The lowest BCUT2D eigenvalue weighted by atomic mass is 10.7. The minimum Gasteiger partial charge on any atom is -0.355 e. The molecule has 3 heterocycles. The van der Waals surface area contributed by atoms with Gasteiger partial charge in [-0.3, -0.25) is 4.79 Å². The summed E-state index contributed by atoms with van der Waals surface area (Å²) in [5, 5.41) is 20.1. The van der Waals surface area contributed by atoms with Gasteiger partial charge >= 0.3 is 0 Å². The Morgan fingerprint density at radius 1 is 1.24 bits per heavy atom. The fourth-order valence-electron chi connectivity index (χ4n) is 1.97. The van der Waals surface area contributed by atoms with Crippen molar-refractivity contribution in [2.75, 3.05) is 34.8 Å². The summed E-state index contributed by atoms with van der Waals surface area (Å²) in [5.74, 6) is 1.50. The van der Waals surface area contributed by atoms with Crippen LogP contribution in [-0.4, -0.2) is 54.3 Å². The van der Waals surface area contributed by atoms with Crippen molar-refractivity contribution in [3.05, 3.63) is 11.6 Å². The first kappa shape index (κ1) is 17.4. The maximum Gasteiger partial charge on any atom is 0.261 e. The van der Waals surface area contributed by atoms with Crippen LogP contribution in [0.1, 0.15) is 13.8 Å². The molecule has 10 nitrogen and oxygen atoms in total. The average molecular weight is 379 g/mol. The van der Waals surface area contributed by atoms with E-state index in [-0.39, 0.29) is 11.7 Å². The summed E-state index contributed by atoms with van der Waals surface area (Å²) in [6.07, 6.45) is 1.64. The molecule has 0 fully saturated rings. The fourth-order valence-corrected chi connectivity index (χ4v) is 3.24. The van der Waals surface area contributed by atoms with Crippen LogP contribution >= 0.6 is 23.1 Å². The van der Waals surface area contributed by atoms with Gasteiger partial charge in [-0.25, -0.2) is 9.38 Å². The van der Waals surface area contributed by atoms with Gasteiger partial charge in [-0.15, -0.1) is 21.5 Å². The number of aromatic nitrogens is 6. The van der Waals surface area contributed by atoms with Gasteiger partial charge in [-0.1, -0.05) is 11.8 Å². The first-order valence-electron chi connectivity index (χ1n) is 7.64. The van der Waals surface area contributed by atoms with Crippen molar-refractivity contribution in [2.24, 2.45) is 0 Å². The highest BCUT2D eigenvalue weighted by molar-refractivity contribution is 7.99. The minimum atomic E-state index is -0.160. The molecule has 0 unspecified atom stereocenters. The molecule has 25 heavy (non-hydrogen) atoms. The Kier molecular flexibility index (Phi) is 5.60. The third kappa shape index (κ3) is 4.14. The Morgan fingerprint density at radius 3 is 2.80 bits per heavy atom. The van der Waals surface area contributed by atoms with Crippen molar-refractivity contribution < 1.29 is 4.79 Å². The molecule has 0 aliphatic heterocycles. The third-order valence-electron chi connectivity index (χ3n) is 2.93. The average Bonchev–Trinajstić information content (AvgIpc) is 3.23. The monoisotopic (exact) mass is 379 g/mol. The van der Waals surface area contributed by atoms with Crippen molar-refractivity contribution >= 4 is 51.8 Å². The van der Waals surface area contributed by atoms with Crippen molar-refractivity contribution in [1.82, 2.24) is 29.5 Å². The van der Waals surface area contributed by atoms with Crippen LogP contribution in [-0.2, 0) is 4.79 Å². The number of carbonyl (C=O) groups is 1. The summed E-state index contributed by atoms with van der Waals surface area (Å²) >= 11 is 2.63. The zero-order valence-electron chi connectivity index (χ0n) is 13.7. The van der Waals surface area contributed by atoms with E-state index >= 15 is 0 Å². The molecule has 0 aromatic carbocycles. The normalized spacial score (nSPS) is 10.8. The molecule has 0 bridgehead atoms. The van der Waals surface area contributed by atoms with Gasteiger partial charge in [0, 0.05) is 24.7 Å². The summed E-state index contributed by atoms with van der Waals surface area (Å²) in [7, 11) is 0. The highest BCUT2D eigenvalue weighted by atomic mass is 32.2. The Bertz CT molecular complexity index is 849. The minimum absolute atomic E-state index is 0.160. The van der Waals surface area contributed by atoms with Crippen molar-refractivity contribution in [1.29, 1.82) is 0 Å². The maximum absolute atomic E-state index is 12.0. The van der Waals surface area contributed by atoms with E-state index < -0.39 is 0 Å². The van der Waals surface area contributed by atoms with Crippen LogP contribution in [0.4, 0.5) is 17.0 Å². The number of anilines is 3. The van der Waals surface area contributed by atoms with E-state index in [1.54, 1.807) is 16.0 Å². The van der Waals surface area contributed by atoms with Gasteiger partial charge in [0.25, 0.3) is 5.78 Å². The fraction of sp³-hybridized carbons (Fsp3) is 0.385. The van der Waals surface area contributed by atoms with Gasteiger partial charge in [-0.2, -0.15) is 9.97 Å². The molecular formula is C13H17N9OS2. The van der Waals surface area contributed by atoms with Crippen LogP contribution in [0.3, 0.4) is 0 Å². The largest absolute Gasteiger partial charge is 0.355 e. The number of carbonyl (C=O) groups excluding carboxylic acids is 1. The molecule has 3 aromatic rings. The molecule has 0 spiro atoms. The van der Waals surface area contributed by atoms with E-state index in [1.807, 2.05) is 13.8 Å². The number of fused-ring (bicyclic) bond motifs is 1. The third-order valence-corrected chi connectivity index (χ3v) is 4.54. The molecule has 3 aromatic heterocycles. The van der Waals surface area contributed by atoms with Gasteiger partial charge in [0.2, 0.25) is 17.8 Å². The first-order chi connectivity index (χ1) is 12.2. The molecule has 0 saturated heterocycles. The molecule has 132 valence electrons. The highest BCUT2D eigenvalue weighted by Crippen LogP contribution is 2.21. The Labute approximate surface area is 151 Å². The molecule has 0 aliphatic rings. The topological polar surface area (TPSA) is 122 Å². The predicted octanol–water partition coefficient (Wildman–Crippen LogP) is 1.57. The number of thioether (sulfide) groups is 1. The van der Waals surface area contributed by atoms with Gasteiger partial charge in [0.1, 0.15) is 0 Å². The number of hydrogen-bond acceptors (Lipinski definition) is 10. The zero-order valence-corrected chi connectivity index (χ0v) is 15.3. The van der Waals surface area contributed by atoms with Gasteiger partial charge < -0.3 is 16.0 Å². The number of nitrogens with zero attached hydrogens (tertiary/aromatic N) is 6. The van der Waals surface area contributed by atoms with Crippen LogP contribution in [0.2, 0.25) is 0 Å². The van der Waals surface area contributed by atoms with Crippen molar-refractivity contribution in [3.8, 4) is 0 Å². The quantitative estimate of drug-likeness (QED) is 0.500. The van der Waals surface area contributed by atoms with Crippen LogP contribution in [0.5, 0.6) is 0 Å². The molecule has 0 aliphatic carbocycles. The summed E-state index contributed by atoms with van der Waals surface area (Å²) in [6, 6.07) is 0. The first-order valence-corrected chi connectivity index (χ1v) is 9.50. The lowest BCUT2D eigenvalue weighted by Crippen LogP contribution is -2.15. The zero-order chi connectivity index (χ0) is 17.6. The van der Waals surface area contributed by atoms with E-state index in [2.05, 4.69) is 41.1 Å². The second-order valence-electron chi connectivity index (χ2n) is 4.72. The van der Waals surface area contributed by atoms with E-state index in [0.717, 1.165) is 0 Å². The Balaban J connectivity index is 1.78. The SMILES string of the molecule is CCNc1nc(NCC)n2c(SCC(=O)Nc3nccs3)nnc2n1. The molecule has 1 amide bonds. The van der Waals surface area contributed by atoms with E-state index in [0.29, 0.717) is 41.1 Å². The second-order valence-corrected chi connectivity index (χ2v) is 6.56. The van der Waals surface area contributed by atoms with Crippen molar-refractivity contribution in [3.63, 3.8) is 0 Å². The summed E-state index contributed by atoms with van der Waals surface area (Å²) in [5.41, 5.74) is 0. The van der Waals surface area contributed by atoms with Crippen LogP contribution < -0.4 is 16.0 Å². The molecule has 0 atom stereocenters. The molecule has 0 saturated carbocycles. The number of amides is 1. The summed E-state index contributed by atoms with van der Waals surface area (Å²) in [4.78, 5) is 24.8. The van der Waals surface area contributed by atoms with Crippen molar-refractivity contribution in [2.45, 2.75) is 19.0 Å². The molecule has 12 heteroatoms.